The van der Waals surface area contributed by atoms with Crippen LogP contribution in [0.5, 0.6) is 5.75 Å². The van der Waals surface area contributed by atoms with Gasteiger partial charge in [-0.05, 0) is 50.5 Å². The summed E-state index contributed by atoms with van der Waals surface area (Å²) in [5.74, 6) is -0.0522. The minimum atomic E-state index is -0.559. The standard InChI is InChI=1S/C34H43N3O7/c1-34(2,3)44-32(40)22-36(14-13-35-15-17-42-18-16-35)20-24-7-9-25(10-8-24)23-43-31-6-4-5-27-28(31)21-37(33(27)41)29-12-11-26(38)19-30(29)39/h4-10,29H,11-23H2,1-3H3. The SMILES string of the molecule is CC(C)(C)OC(=O)CN(CCN1CCOCC1)Cc1ccc(COc2cccc3c2CN(C2CCC(=O)CC2=O)C3=O)cc1. The van der Waals surface area contributed by atoms with Gasteiger partial charge in [0, 0.05) is 50.3 Å². The number of hydrogen-bond acceptors (Lipinski definition) is 9. The van der Waals surface area contributed by atoms with Crippen LogP contribution in [0.3, 0.4) is 0 Å². The van der Waals surface area contributed by atoms with Gasteiger partial charge in [0.1, 0.15) is 23.7 Å². The molecule has 1 saturated heterocycles. The highest BCUT2D eigenvalue weighted by atomic mass is 16.6. The molecule has 5 rings (SSSR count). The highest BCUT2D eigenvalue weighted by Crippen LogP contribution is 2.34. The molecule has 0 N–H and O–H groups in total. The Morgan fingerprint density at radius 2 is 1.75 bits per heavy atom. The van der Waals surface area contributed by atoms with Crippen LogP contribution in [0.25, 0.3) is 0 Å². The van der Waals surface area contributed by atoms with E-state index in [-0.39, 0.29) is 36.4 Å². The average molecular weight is 606 g/mol. The second-order valence-electron chi connectivity index (χ2n) is 12.8. The van der Waals surface area contributed by atoms with Crippen LogP contribution in [0, 0.1) is 0 Å². The zero-order valence-corrected chi connectivity index (χ0v) is 26.0. The summed E-state index contributed by atoms with van der Waals surface area (Å²) in [6.45, 7) is 11.9. The van der Waals surface area contributed by atoms with Crippen molar-refractivity contribution in [2.75, 3.05) is 45.9 Å². The fourth-order valence-corrected chi connectivity index (χ4v) is 5.94. The molecule has 10 heteroatoms. The lowest BCUT2D eigenvalue weighted by atomic mass is 9.92. The van der Waals surface area contributed by atoms with Crippen molar-refractivity contribution in [2.24, 2.45) is 0 Å². The number of morpholine rings is 1. The fourth-order valence-electron chi connectivity index (χ4n) is 5.94. The summed E-state index contributed by atoms with van der Waals surface area (Å²) < 4.78 is 17.2. The molecular formula is C34H43N3O7. The van der Waals surface area contributed by atoms with Crippen molar-refractivity contribution >= 4 is 23.4 Å². The second kappa shape index (κ2) is 14.0. The molecule has 2 heterocycles. The third-order valence-electron chi connectivity index (χ3n) is 8.20. The Morgan fingerprint density at radius 3 is 2.45 bits per heavy atom. The van der Waals surface area contributed by atoms with Gasteiger partial charge in [-0.1, -0.05) is 30.3 Å². The van der Waals surface area contributed by atoms with Crippen molar-refractivity contribution < 1.29 is 33.4 Å². The monoisotopic (exact) mass is 605 g/mol. The van der Waals surface area contributed by atoms with Gasteiger partial charge in [0.2, 0.25) is 0 Å². The number of hydrogen-bond donors (Lipinski definition) is 0. The Kier molecular flexibility index (Phi) is 10.1. The number of ketones is 2. The normalized spacial score (nSPS) is 19.4. The number of esters is 1. The first-order chi connectivity index (χ1) is 21.1. The van der Waals surface area contributed by atoms with Gasteiger partial charge in [-0.15, -0.1) is 0 Å². The highest BCUT2D eigenvalue weighted by molar-refractivity contribution is 6.07. The molecule has 3 aliphatic rings. The van der Waals surface area contributed by atoms with E-state index >= 15 is 0 Å². The minimum Gasteiger partial charge on any atom is -0.489 e. The van der Waals surface area contributed by atoms with E-state index in [1.807, 2.05) is 51.1 Å². The van der Waals surface area contributed by atoms with Gasteiger partial charge in [0.25, 0.3) is 5.91 Å². The molecule has 0 radical (unpaired) electrons. The third-order valence-corrected chi connectivity index (χ3v) is 8.20. The molecule has 2 aromatic carbocycles. The van der Waals surface area contributed by atoms with Crippen LogP contribution in [-0.2, 0) is 43.6 Å². The van der Waals surface area contributed by atoms with Gasteiger partial charge >= 0.3 is 5.97 Å². The maximum atomic E-state index is 13.1. The van der Waals surface area contributed by atoms with Crippen LogP contribution < -0.4 is 4.74 Å². The van der Waals surface area contributed by atoms with E-state index in [0.717, 1.165) is 56.1 Å². The largest absolute Gasteiger partial charge is 0.489 e. The Bertz CT molecular complexity index is 1360. The van der Waals surface area contributed by atoms with E-state index in [1.165, 1.54) is 0 Å². The van der Waals surface area contributed by atoms with Gasteiger partial charge in [0.15, 0.2) is 5.78 Å². The van der Waals surface area contributed by atoms with E-state index in [9.17, 15) is 19.2 Å². The molecule has 0 bridgehead atoms. The van der Waals surface area contributed by atoms with Crippen molar-refractivity contribution in [2.45, 2.75) is 71.4 Å². The fraction of sp³-hybridized carbons (Fsp3) is 0.529. The molecule has 2 aliphatic heterocycles. The molecule has 1 unspecified atom stereocenters. The summed E-state index contributed by atoms with van der Waals surface area (Å²) in [4.78, 5) is 56.1. The summed E-state index contributed by atoms with van der Waals surface area (Å²) in [5.41, 5.74) is 2.84. The van der Waals surface area contributed by atoms with E-state index in [1.54, 1.807) is 17.0 Å². The lowest BCUT2D eigenvalue weighted by Crippen LogP contribution is -2.44. The lowest BCUT2D eigenvalue weighted by Gasteiger charge is -2.30. The molecule has 0 spiro atoms. The predicted octanol–water partition coefficient (Wildman–Crippen LogP) is 3.39. The zero-order chi connectivity index (χ0) is 31.3. The molecule has 236 valence electrons. The summed E-state index contributed by atoms with van der Waals surface area (Å²) in [5, 5.41) is 0. The number of carbonyl (C=O) groups is 4. The summed E-state index contributed by atoms with van der Waals surface area (Å²) in [6, 6.07) is 13.0. The first-order valence-electron chi connectivity index (χ1n) is 15.5. The van der Waals surface area contributed by atoms with Crippen LogP contribution in [-0.4, -0.2) is 95.7 Å². The van der Waals surface area contributed by atoms with Gasteiger partial charge in [-0.3, -0.25) is 29.0 Å². The van der Waals surface area contributed by atoms with Crippen molar-refractivity contribution in [3.8, 4) is 5.75 Å². The minimum absolute atomic E-state index is 0.0609. The van der Waals surface area contributed by atoms with E-state index in [0.29, 0.717) is 43.9 Å². The van der Waals surface area contributed by atoms with Gasteiger partial charge in [0.05, 0.1) is 38.8 Å². The smallest absolute Gasteiger partial charge is 0.320 e. The van der Waals surface area contributed by atoms with Crippen LogP contribution in [0.1, 0.15) is 67.1 Å². The van der Waals surface area contributed by atoms with Crippen molar-refractivity contribution in [3.05, 3.63) is 64.7 Å². The summed E-state index contributed by atoms with van der Waals surface area (Å²) in [6.07, 6.45) is 0.599. The van der Waals surface area contributed by atoms with E-state index in [4.69, 9.17) is 14.2 Å². The van der Waals surface area contributed by atoms with Crippen molar-refractivity contribution in [1.82, 2.24) is 14.7 Å². The number of nitrogens with zero attached hydrogens (tertiary/aromatic N) is 3. The highest BCUT2D eigenvalue weighted by Gasteiger charge is 2.40. The molecule has 2 aromatic rings. The Hall–Kier alpha value is -3.60. The third kappa shape index (κ3) is 8.31. The van der Waals surface area contributed by atoms with E-state index < -0.39 is 11.6 Å². The molecular weight excluding hydrogens is 562 g/mol. The van der Waals surface area contributed by atoms with Crippen LogP contribution >= 0.6 is 0 Å². The quantitative estimate of drug-likeness (QED) is 0.282. The Balaban J connectivity index is 1.19. The number of ether oxygens (including phenoxy) is 3. The topological polar surface area (TPSA) is 106 Å². The second-order valence-corrected chi connectivity index (χ2v) is 12.8. The number of Topliss-reactive ketones (excluding diaryl/α,β-unsaturated/α-hetero) is 2. The molecule has 1 amide bonds. The maximum Gasteiger partial charge on any atom is 0.320 e. The summed E-state index contributed by atoms with van der Waals surface area (Å²) in [7, 11) is 0. The summed E-state index contributed by atoms with van der Waals surface area (Å²) >= 11 is 0. The maximum absolute atomic E-state index is 13.1. The van der Waals surface area contributed by atoms with Crippen molar-refractivity contribution in [1.29, 1.82) is 0 Å². The predicted molar refractivity (Wildman–Crippen MR) is 163 cm³/mol. The van der Waals surface area contributed by atoms with Crippen molar-refractivity contribution in [3.63, 3.8) is 0 Å². The van der Waals surface area contributed by atoms with Gasteiger partial charge in [-0.2, -0.15) is 0 Å². The molecule has 0 aromatic heterocycles. The lowest BCUT2D eigenvalue weighted by molar-refractivity contribution is -0.156. The number of benzene rings is 2. The molecule has 1 atom stereocenters. The number of fused-ring (bicyclic) bond motifs is 1. The first kappa shape index (κ1) is 31.8. The average Bonchev–Trinajstić information content (AvgIpc) is 3.31. The van der Waals surface area contributed by atoms with Crippen LogP contribution in [0.4, 0.5) is 0 Å². The molecule has 1 saturated carbocycles. The van der Waals surface area contributed by atoms with Crippen LogP contribution in [0.15, 0.2) is 42.5 Å². The molecule has 44 heavy (non-hydrogen) atoms. The zero-order valence-electron chi connectivity index (χ0n) is 26.0. The van der Waals surface area contributed by atoms with Gasteiger partial charge in [-0.25, -0.2) is 0 Å². The Labute approximate surface area is 259 Å². The number of amides is 1. The first-order valence-corrected chi connectivity index (χ1v) is 15.5. The molecule has 10 nitrogen and oxygen atoms in total. The molecule has 2 fully saturated rings. The Morgan fingerprint density at radius 1 is 1.02 bits per heavy atom. The van der Waals surface area contributed by atoms with E-state index in [2.05, 4.69) is 9.80 Å². The molecule has 1 aliphatic carbocycles. The number of carbonyl (C=O) groups excluding carboxylic acids is 4. The van der Waals surface area contributed by atoms with Gasteiger partial charge < -0.3 is 19.1 Å². The number of rotatable bonds is 11. The van der Waals surface area contributed by atoms with Crippen LogP contribution in [0.2, 0.25) is 0 Å².